The van der Waals surface area contributed by atoms with E-state index in [9.17, 15) is 8.42 Å². The molecule has 6 nitrogen and oxygen atoms in total. The summed E-state index contributed by atoms with van der Waals surface area (Å²) in [6.45, 7) is 7.07. The highest BCUT2D eigenvalue weighted by molar-refractivity contribution is 7.89. The van der Waals surface area contributed by atoms with E-state index >= 15 is 0 Å². The zero-order valence-electron chi connectivity index (χ0n) is 19.5. The Morgan fingerprint density at radius 2 is 1.59 bits per heavy atom. The van der Waals surface area contributed by atoms with Gasteiger partial charge in [-0.2, -0.15) is 4.72 Å². The Bertz CT molecular complexity index is 1520. The molecule has 0 atom stereocenters. The van der Waals surface area contributed by atoms with Crippen molar-refractivity contribution in [3.8, 4) is 23.6 Å². The Kier molecular flexibility index (Phi) is 6.13. The lowest BCUT2D eigenvalue weighted by Gasteiger charge is -2.20. The molecule has 0 fully saturated rings. The largest absolute Gasteiger partial charge is 0.338 e. The van der Waals surface area contributed by atoms with E-state index in [1.54, 1.807) is 32.9 Å². The van der Waals surface area contributed by atoms with Gasteiger partial charge < -0.3 is 5.32 Å². The monoisotopic (exact) mass is 470 g/mol. The fraction of sp³-hybridized carbons (Fsp3) is 0.185. The fourth-order valence-electron chi connectivity index (χ4n) is 3.64. The average Bonchev–Trinajstić information content (AvgIpc) is 2.80. The number of hydrogen-bond donors (Lipinski definition) is 2. The molecule has 4 rings (SSSR count). The molecule has 7 heteroatoms. The minimum atomic E-state index is -3.85. The summed E-state index contributed by atoms with van der Waals surface area (Å²) in [7, 11) is -3.85. The van der Waals surface area contributed by atoms with Gasteiger partial charge in [-0.25, -0.2) is 8.42 Å². The highest BCUT2D eigenvalue weighted by Gasteiger charge is 2.26. The number of nitrogens with one attached hydrogen (secondary N) is 2. The molecule has 0 saturated heterocycles. The van der Waals surface area contributed by atoms with Gasteiger partial charge in [0.15, 0.2) is 5.82 Å². The van der Waals surface area contributed by atoms with Crippen LogP contribution in [0.3, 0.4) is 0 Å². The predicted octanol–water partition coefficient (Wildman–Crippen LogP) is 5.35. The Hall–Kier alpha value is -3.73. The van der Waals surface area contributed by atoms with Crippen molar-refractivity contribution in [2.24, 2.45) is 0 Å². The van der Waals surface area contributed by atoms with Crippen LogP contribution in [-0.4, -0.2) is 24.2 Å². The zero-order chi connectivity index (χ0) is 24.5. The summed E-state index contributed by atoms with van der Waals surface area (Å²) in [4.78, 5) is 0.154. The number of aromatic nitrogens is 2. The zero-order valence-corrected chi connectivity index (χ0v) is 20.4. The Labute approximate surface area is 200 Å². The van der Waals surface area contributed by atoms with Crippen LogP contribution in [0, 0.1) is 26.2 Å². The van der Waals surface area contributed by atoms with E-state index in [-0.39, 0.29) is 4.90 Å². The Morgan fingerprint density at radius 1 is 0.912 bits per heavy atom. The molecule has 0 aliphatic carbocycles. The van der Waals surface area contributed by atoms with Gasteiger partial charge >= 0.3 is 0 Å². The van der Waals surface area contributed by atoms with Gasteiger partial charge in [0.1, 0.15) is 5.69 Å². The molecule has 3 aromatic carbocycles. The van der Waals surface area contributed by atoms with Crippen LogP contribution in [0.15, 0.2) is 71.6 Å². The molecule has 172 valence electrons. The van der Waals surface area contributed by atoms with Crippen molar-refractivity contribution < 1.29 is 8.42 Å². The number of sulfonamides is 1. The van der Waals surface area contributed by atoms with Gasteiger partial charge in [-0.3, -0.25) is 0 Å². The minimum absolute atomic E-state index is 0.154. The first-order valence-corrected chi connectivity index (χ1v) is 12.3. The lowest BCUT2D eigenvalue weighted by Crippen LogP contribution is -2.42. The number of aryl methyl sites for hydroxylation is 2. The summed E-state index contributed by atoms with van der Waals surface area (Å²) < 4.78 is 28.8. The summed E-state index contributed by atoms with van der Waals surface area (Å²) in [6, 6.07) is 21.0. The molecule has 0 amide bonds. The second-order valence-electron chi connectivity index (χ2n) is 8.79. The van der Waals surface area contributed by atoms with Crippen LogP contribution in [0.2, 0.25) is 0 Å². The number of rotatable bonds is 6. The third-order valence-corrected chi connectivity index (χ3v) is 7.30. The molecule has 2 N–H and O–H groups in total. The van der Waals surface area contributed by atoms with Gasteiger partial charge in [-0.15, -0.1) is 16.6 Å². The van der Waals surface area contributed by atoms with Crippen LogP contribution in [0.1, 0.15) is 25.0 Å². The van der Waals surface area contributed by atoms with Gasteiger partial charge in [-0.05, 0) is 51.5 Å². The van der Waals surface area contributed by atoms with Gasteiger partial charge in [-0.1, -0.05) is 60.0 Å². The molecular weight excluding hydrogens is 444 g/mol. The quantitative estimate of drug-likeness (QED) is 0.371. The van der Waals surface area contributed by atoms with E-state index in [2.05, 4.69) is 26.2 Å². The SMILES string of the molecule is C#CC(C)(C)NS(=O)(=O)c1cc(-c2nnc(Nc3ccc(C)cc3)c3ccccc23)ccc1C. The number of fused-ring (bicyclic) bond motifs is 1. The first kappa shape index (κ1) is 23.4. The van der Waals surface area contributed by atoms with Gasteiger partial charge in [0.2, 0.25) is 10.0 Å². The first-order valence-electron chi connectivity index (χ1n) is 10.8. The number of terminal acetylenes is 1. The van der Waals surface area contributed by atoms with E-state index < -0.39 is 15.6 Å². The molecule has 0 bridgehead atoms. The van der Waals surface area contributed by atoms with Crippen molar-refractivity contribution in [2.75, 3.05) is 5.32 Å². The van der Waals surface area contributed by atoms with E-state index in [0.29, 0.717) is 22.6 Å². The summed E-state index contributed by atoms with van der Waals surface area (Å²) in [5.74, 6) is 3.09. The predicted molar refractivity (Wildman–Crippen MR) is 137 cm³/mol. The number of anilines is 2. The minimum Gasteiger partial charge on any atom is -0.338 e. The lowest BCUT2D eigenvalue weighted by atomic mass is 10.0. The topological polar surface area (TPSA) is 84.0 Å². The van der Waals surface area contributed by atoms with Gasteiger partial charge in [0.05, 0.1) is 10.4 Å². The van der Waals surface area contributed by atoms with Crippen LogP contribution in [0.4, 0.5) is 11.5 Å². The maximum atomic E-state index is 13.1. The Balaban J connectivity index is 1.80. The third-order valence-electron chi connectivity index (χ3n) is 5.50. The highest BCUT2D eigenvalue weighted by atomic mass is 32.2. The molecule has 34 heavy (non-hydrogen) atoms. The van der Waals surface area contributed by atoms with E-state index in [1.807, 2.05) is 61.5 Å². The smallest absolute Gasteiger partial charge is 0.242 e. The fourth-order valence-corrected chi connectivity index (χ4v) is 5.26. The molecule has 0 spiro atoms. The highest BCUT2D eigenvalue weighted by Crippen LogP contribution is 2.33. The van der Waals surface area contributed by atoms with Crippen LogP contribution in [-0.2, 0) is 10.0 Å². The van der Waals surface area contributed by atoms with E-state index in [4.69, 9.17) is 6.42 Å². The van der Waals surface area contributed by atoms with Crippen LogP contribution >= 0.6 is 0 Å². The van der Waals surface area contributed by atoms with Crippen LogP contribution in [0.5, 0.6) is 0 Å². The first-order chi connectivity index (χ1) is 16.1. The van der Waals surface area contributed by atoms with Crippen LogP contribution < -0.4 is 10.0 Å². The van der Waals surface area contributed by atoms with Crippen LogP contribution in [0.25, 0.3) is 22.0 Å². The summed E-state index contributed by atoms with van der Waals surface area (Å²) >= 11 is 0. The van der Waals surface area contributed by atoms with E-state index in [0.717, 1.165) is 16.5 Å². The molecule has 1 aromatic heterocycles. The molecule has 4 aromatic rings. The normalized spacial score (nSPS) is 11.9. The molecule has 0 unspecified atom stereocenters. The van der Waals surface area contributed by atoms with E-state index in [1.165, 1.54) is 5.56 Å². The molecule has 0 saturated carbocycles. The molecule has 0 aliphatic heterocycles. The van der Waals surface area contributed by atoms with Crippen molar-refractivity contribution in [2.45, 2.75) is 38.1 Å². The van der Waals surface area contributed by atoms with Crippen molar-refractivity contribution in [3.63, 3.8) is 0 Å². The standard InChI is InChI=1S/C27H26N4O2S/c1-6-27(4,5)31-34(32,33)24-17-20(14-13-19(24)3)25-22-9-7-8-10-23(22)26(30-29-25)28-21-15-11-18(2)12-16-21/h1,7-17,31H,2-5H3,(H,28,30). The molecule has 0 aliphatic rings. The van der Waals surface area contributed by atoms with Crippen molar-refractivity contribution in [1.29, 1.82) is 0 Å². The van der Waals surface area contributed by atoms with Crippen molar-refractivity contribution in [3.05, 3.63) is 77.9 Å². The molecular formula is C27H26N4O2S. The number of hydrogen-bond acceptors (Lipinski definition) is 5. The second kappa shape index (κ2) is 8.90. The van der Waals surface area contributed by atoms with Gasteiger partial charge in [0.25, 0.3) is 0 Å². The Morgan fingerprint density at radius 3 is 2.26 bits per heavy atom. The molecule has 0 radical (unpaired) electrons. The average molecular weight is 471 g/mol. The summed E-state index contributed by atoms with van der Waals surface area (Å²) in [5.41, 5.74) is 2.91. The van der Waals surface area contributed by atoms with Gasteiger partial charge in [0, 0.05) is 22.0 Å². The maximum absolute atomic E-state index is 13.1. The number of nitrogens with zero attached hydrogens (tertiary/aromatic N) is 2. The molecule has 1 heterocycles. The summed E-state index contributed by atoms with van der Waals surface area (Å²) in [5, 5.41) is 14.0. The third kappa shape index (κ3) is 4.79. The number of benzene rings is 3. The van der Waals surface area contributed by atoms with Crippen molar-refractivity contribution >= 4 is 32.3 Å². The van der Waals surface area contributed by atoms with Crippen molar-refractivity contribution in [1.82, 2.24) is 14.9 Å². The lowest BCUT2D eigenvalue weighted by molar-refractivity contribution is 0.538. The maximum Gasteiger partial charge on any atom is 0.242 e. The second-order valence-corrected chi connectivity index (χ2v) is 10.4. The summed E-state index contributed by atoms with van der Waals surface area (Å²) in [6.07, 6.45) is 5.49.